The van der Waals surface area contributed by atoms with Crippen LogP contribution in [0.5, 0.6) is 0 Å². The fourth-order valence-corrected chi connectivity index (χ4v) is 1.47. The van der Waals surface area contributed by atoms with Gasteiger partial charge in [0.1, 0.15) is 12.2 Å². The zero-order chi connectivity index (χ0) is 12.1. The lowest BCUT2D eigenvalue weighted by atomic mass is 10.4. The molecule has 0 saturated carbocycles. The molecule has 15 heavy (non-hydrogen) atoms. The number of aliphatic hydroxyl groups excluding tert-OH is 4. The molecule has 3 unspecified atom stereocenters. The molecule has 9 heteroatoms. The molecule has 92 valence electrons. The Morgan fingerprint density at radius 1 is 1.13 bits per heavy atom. The van der Waals surface area contributed by atoms with Gasteiger partial charge in [-0.1, -0.05) is 0 Å². The molecule has 0 amide bonds. The molecule has 0 rings (SSSR count). The van der Waals surface area contributed by atoms with Gasteiger partial charge in [-0.3, -0.25) is 4.55 Å². The molecule has 0 heterocycles. The van der Waals surface area contributed by atoms with Gasteiger partial charge in [0.05, 0.1) is 19.8 Å². The number of hydrogen-bond donors (Lipinski definition) is 5. The Morgan fingerprint density at radius 2 is 1.67 bits per heavy atom. The van der Waals surface area contributed by atoms with Gasteiger partial charge in [0, 0.05) is 0 Å². The summed E-state index contributed by atoms with van der Waals surface area (Å²) in [7, 11) is -4.71. The maximum absolute atomic E-state index is 10.6. The molecule has 0 saturated heterocycles. The topological polar surface area (TPSA) is 145 Å². The number of rotatable bonds is 7. The lowest BCUT2D eigenvalue weighted by Crippen LogP contribution is -2.40. The first kappa shape index (κ1) is 14.7. The Labute approximate surface area is 86.5 Å². The van der Waals surface area contributed by atoms with E-state index in [9.17, 15) is 8.42 Å². The van der Waals surface area contributed by atoms with Crippen molar-refractivity contribution in [3.05, 3.63) is 0 Å². The number of ether oxygens (including phenoxy) is 1. The monoisotopic (exact) mass is 246 g/mol. The standard InChI is InChI=1S/C6H14O8S/c7-1-4(9)3-14-6(5(10)2-8)15(11,12)13/h4-10H,1-3H2,(H,11,12,13). The minimum absolute atomic E-state index is 0.599. The third-order valence-electron chi connectivity index (χ3n) is 1.46. The Balaban J connectivity index is 4.41. The first-order chi connectivity index (χ1) is 6.82. The first-order valence-electron chi connectivity index (χ1n) is 3.98. The van der Waals surface area contributed by atoms with Gasteiger partial charge >= 0.3 is 0 Å². The molecule has 0 spiro atoms. The highest BCUT2D eigenvalue weighted by atomic mass is 32.2. The van der Waals surface area contributed by atoms with E-state index in [1.807, 2.05) is 0 Å². The van der Waals surface area contributed by atoms with E-state index in [0.717, 1.165) is 0 Å². The third kappa shape index (κ3) is 5.37. The maximum atomic E-state index is 10.6. The summed E-state index contributed by atoms with van der Waals surface area (Å²) < 4.78 is 34.3. The Morgan fingerprint density at radius 3 is 2.00 bits per heavy atom. The van der Waals surface area contributed by atoms with Crippen molar-refractivity contribution < 1.29 is 38.1 Å². The second kappa shape index (κ2) is 6.33. The summed E-state index contributed by atoms with van der Waals surface area (Å²) in [5.74, 6) is 0. The maximum Gasteiger partial charge on any atom is 0.295 e. The predicted octanol–water partition coefficient (Wildman–Crippen LogP) is -3.08. The van der Waals surface area contributed by atoms with E-state index in [0.29, 0.717) is 0 Å². The highest BCUT2D eigenvalue weighted by Crippen LogP contribution is 2.07. The van der Waals surface area contributed by atoms with Gasteiger partial charge in [0.2, 0.25) is 5.44 Å². The van der Waals surface area contributed by atoms with E-state index in [-0.39, 0.29) is 0 Å². The third-order valence-corrected chi connectivity index (χ3v) is 2.50. The van der Waals surface area contributed by atoms with E-state index in [2.05, 4.69) is 4.74 Å². The van der Waals surface area contributed by atoms with Crippen LogP contribution in [0.3, 0.4) is 0 Å². The fourth-order valence-electron chi connectivity index (χ4n) is 0.740. The van der Waals surface area contributed by atoms with Crippen molar-refractivity contribution >= 4 is 10.1 Å². The van der Waals surface area contributed by atoms with E-state index in [1.165, 1.54) is 0 Å². The van der Waals surface area contributed by atoms with Gasteiger partial charge in [0.15, 0.2) is 0 Å². The molecule has 3 atom stereocenters. The van der Waals surface area contributed by atoms with Crippen LogP contribution in [0.1, 0.15) is 0 Å². The Hall–Kier alpha value is -0.290. The summed E-state index contributed by atoms with van der Waals surface area (Å²) >= 11 is 0. The molecule has 0 aromatic heterocycles. The molecule has 0 aromatic rings. The Bertz CT molecular complexity index is 262. The summed E-state index contributed by atoms with van der Waals surface area (Å²) in [6, 6.07) is 0. The minimum atomic E-state index is -4.71. The van der Waals surface area contributed by atoms with Crippen LogP contribution in [0.25, 0.3) is 0 Å². The van der Waals surface area contributed by atoms with Gasteiger partial charge in [-0.05, 0) is 0 Å². The molecular weight excluding hydrogens is 232 g/mol. The highest BCUT2D eigenvalue weighted by Gasteiger charge is 2.32. The van der Waals surface area contributed by atoms with Crippen LogP contribution in [0.15, 0.2) is 0 Å². The quantitative estimate of drug-likeness (QED) is 0.297. The van der Waals surface area contributed by atoms with E-state index >= 15 is 0 Å². The molecule has 0 bridgehead atoms. The molecule has 5 N–H and O–H groups in total. The number of aliphatic hydroxyl groups is 4. The summed E-state index contributed by atoms with van der Waals surface area (Å²) in [4.78, 5) is 0. The predicted molar refractivity (Wildman–Crippen MR) is 47.5 cm³/mol. The largest absolute Gasteiger partial charge is 0.394 e. The van der Waals surface area contributed by atoms with Crippen molar-refractivity contribution in [3.63, 3.8) is 0 Å². The minimum Gasteiger partial charge on any atom is -0.394 e. The van der Waals surface area contributed by atoms with Gasteiger partial charge in [-0.25, -0.2) is 0 Å². The van der Waals surface area contributed by atoms with E-state index in [1.54, 1.807) is 0 Å². The van der Waals surface area contributed by atoms with Gasteiger partial charge < -0.3 is 25.2 Å². The molecule has 0 aliphatic carbocycles. The van der Waals surface area contributed by atoms with Crippen molar-refractivity contribution in [2.75, 3.05) is 19.8 Å². The van der Waals surface area contributed by atoms with Crippen LogP contribution in [-0.4, -0.2) is 70.9 Å². The zero-order valence-electron chi connectivity index (χ0n) is 7.72. The van der Waals surface area contributed by atoms with Crippen molar-refractivity contribution in [2.45, 2.75) is 17.6 Å². The zero-order valence-corrected chi connectivity index (χ0v) is 8.54. The summed E-state index contributed by atoms with van der Waals surface area (Å²) in [5.41, 5.74) is -2.05. The lowest BCUT2D eigenvalue weighted by Gasteiger charge is -2.20. The van der Waals surface area contributed by atoms with Crippen molar-refractivity contribution in [3.8, 4) is 0 Å². The lowest BCUT2D eigenvalue weighted by molar-refractivity contribution is -0.0571. The van der Waals surface area contributed by atoms with Crippen LogP contribution >= 0.6 is 0 Å². The highest BCUT2D eigenvalue weighted by molar-refractivity contribution is 7.86. The number of hydrogen-bond acceptors (Lipinski definition) is 7. The van der Waals surface area contributed by atoms with Crippen LogP contribution < -0.4 is 0 Å². The van der Waals surface area contributed by atoms with E-state index in [4.69, 9.17) is 25.0 Å². The average molecular weight is 246 g/mol. The van der Waals surface area contributed by atoms with Crippen molar-refractivity contribution in [2.24, 2.45) is 0 Å². The normalized spacial score (nSPS) is 18.5. The van der Waals surface area contributed by atoms with Gasteiger partial charge in [-0.15, -0.1) is 0 Å². The Kier molecular flexibility index (Phi) is 6.20. The molecule has 0 fully saturated rings. The molecular formula is C6H14O8S. The van der Waals surface area contributed by atoms with Crippen LogP contribution in [0.4, 0.5) is 0 Å². The SMILES string of the molecule is O=S(=O)(O)C(OCC(O)CO)C(O)CO. The average Bonchev–Trinajstić information content (AvgIpc) is 2.15. The second-order valence-electron chi connectivity index (χ2n) is 2.80. The van der Waals surface area contributed by atoms with Crippen LogP contribution in [0.2, 0.25) is 0 Å². The summed E-state index contributed by atoms with van der Waals surface area (Å²) in [6.45, 7) is -2.19. The fraction of sp³-hybridized carbons (Fsp3) is 1.00. The van der Waals surface area contributed by atoms with Crippen LogP contribution in [-0.2, 0) is 14.9 Å². The van der Waals surface area contributed by atoms with Gasteiger partial charge in [-0.2, -0.15) is 8.42 Å². The molecule has 8 nitrogen and oxygen atoms in total. The van der Waals surface area contributed by atoms with Crippen molar-refractivity contribution in [1.82, 2.24) is 0 Å². The smallest absolute Gasteiger partial charge is 0.295 e. The summed E-state index contributed by atoms with van der Waals surface area (Å²) in [5, 5.41) is 34.7. The van der Waals surface area contributed by atoms with E-state index < -0.39 is 47.6 Å². The molecule has 0 aromatic carbocycles. The first-order valence-corrected chi connectivity index (χ1v) is 5.49. The summed E-state index contributed by atoms with van der Waals surface area (Å²) in [6.07, 6.45) is -3.16. The molecule has 0 radical (unpaired) electrons. The van der Waals surface area contributed by atoms with Crippen molar-refractivity contribution in [1.29, 1.82) is 0 Å². The van der Waals surface area contributed by atoms with Gasteiger partial charge in [0.25, 0.3) is 10.1 Å². The second-order valence-corrected chi connectivity index (χ2v) is 4.30. The van der Waals surface area contributed by atoms with Crippen LogP contribution in [0, 0.1) is 0 Å². The molecule has 0 aliphatic heterocycles. The molecule has 0 aliphatic rings.